The second-order valence-electron chi connectivity index (χ2n) is 7.29. The molecule has 2 bridgehead atoms. The molecule has 32 heavy (non-hydrogen) atoms. The first-order valence-electron chi connectivity index (χ1n) is 13.2. The van der Waals surface area contributed by atoms with Gasteiger partial charge in [-0.15, -0.1) is 0 Å². The van der Waals surface area contributed by atoms with E-state index in [-0.39, 0.29) is 5.69 Å². The maximum Gasteiger partial charge on any atom is 0.255 e. The summed E-state index contributed by atoms with van der Waals surface area (Å²) in [6.45, 7) is -1.46. The maximum absolute atomic E-state index is 13.9. The van der Waals surface area contributed by atoms with Crippen LogP contribution in [0.3, 0.4) is 0 Å². The van der Waals surface area contributed by atoms with Crippen LogP contribution in [0, 0.1) is 23.5 Å². The molecule has 4 rings (SSSR count). The van der Waals surface area contributed by atoms with Crippen molar-refractivity contribution < 1.29 is 43.2 Å². The lowest BCUT2D eigenvalue weighted by molar-refractivity contribution is -0.0943. The third kappa shape index (κ3) is 3.91. The minimum atomic E-state index is -5.33. The molecule has 0 saturated heterocycles. The molecule has 6 nitrogen and oxygen atoms in total. The highest BCUT2D eigenvalue weighted by Crippen LogP contribution is 2.51. The van der Waals surface area contributed by atoms with Crippen LogP contribution in [-0.2, 0) is 9.84 Å². The van der Waals surface area contributed by atoms with Crippen LogP contribution in [0.25, 0.3) is 0 Å². The fraction of sp³-hybridized carbons (Fsp3) is 0.409. The fourth-order valence-corrected chi connectivity index (χ4v) is 5.39. The number of hydrogen-bond acceptors (Lipinski definition) is 5. The van der Waals surface area contributed by atoms with Crippen LogP contribution in [0.4, 0.5) is 14.5 Å². The van der Waals surface area contributed by atoms with Crippen molar-refractivity contribution in [2.75, 3.05) is 11.9 Å². The highest BCUT2D eigenvalue weighted by molar-refractivity contribution is 7.92. The van der Waals surface area contributed by atoms with Crippen molar-refractivity contribution in [3.63, 3.8) is 0 Å². The molecule has 2 saturated carbocycles. The lowest BCUT2D eigenvalue weighted by Gasteiger charge is -2.41. The Bertz CT molecular complexity index is 1480. The fourth-order valence-electron chi connectivity index (χ4n) is 3.43. The number of carbonyl (C=O) groups is 1. The van der Waals surface area contributed by atoms with Gasteiger partial charge >= 0.3 is 0 Å². The molecule has 1 amide bonds. The number of fused-ring (bicyclic) bond motifs is 2. The number of hydrogen-bond donors (Lipinski definition) is 3. The predicted octanol–water partition coefficient (Wildman–Crippen LogP) is 3.56. The van der Waals surface area contributed by atoms with Gasteiger partial charge in [0.15, 0.2) is 21.5 Å². The molecular formula is C22H22ClF2NO5S. The summed E-state index contributed by atoms with van der Waals surface area (Å²) in [5.41, 5.74) is -3.65. The number of halogens is 3. The molecule has 2 aliphatic rings. The number of carbonyl (C=O) groups excluding carboxylic acids is 1. The molecule has 10 heteroatoms. The Balaban J connectivity index is 1.85. The van der Waals surface area contributed by atoms with Crippen molar-refractivity contribution in [3.8, 4) is 0 Å². The van der Waals surface area contributed by atoms with Crippen LogP contribution in [0.2, 0.25) is 5.02 Å². The minimum absolute atomic E-state index is 0.201. The van der Waals surface area contributed by atoms with Gasteiger partial charge in [-0.1, -0.05) is 11.6 Å². The van der Waals surface area contributed by atoms with E-state index in [1.165, 1.54) is 0 Å². The molecule has 2 aromatic carbocycles. The normalized spacial score (nSPS) is 37.3. The topological polar surface area (TPSA) is 104 Å². The number of benzene rings is 2. The SMILES string of the molecule is [2H]C1([2H])C2C(O)(CO)[C@H](C([2H])([2H])C1S(=O)(=O)c1cc(C(=O)Nc3ccc(F)c(F)c3)ccc1Cl)C([2H])([2H])C2([2H])[2H]. The van der Waals surface area contributed by atoms with E-state index in [2.05, 4.69) is 5.32 Å². The third-order valence-electron chi connectivity index (χ3n) is 5.25. The molecular weight excluding hydrogens is 464 g/mol. The summed E-state index contributed by atoms with van der Waals surface area (Å²) in [4.78, 5) is 11.8. The Hall–Kier alpha value is -2.07. The number of anilines is 1. The van der Waals surface area contributed by atoms with Crippen LogP contribution in [-0.4, -0.2) is 42.0 Å². The number of rotatable bonds is 5. The van der Waals surface area contributed by atoms with E-state index in [0.717, 1.165) is 24.3 Å². The highest BCUT2D eigenvalue weighted by Gasteiger charge is 2.55. The van der Waals surface area contributed by atoms with Crippen molar-refractivity contribution in [3.05, 3.63) is 58.6 Å². The van der Waals surface area contributed by atoms with Crippen molar-refractivity contribution in [1.29, 1.82) is 0 Å². The number of aliphatic hydroxyl groups is 2. The molecule has 0 aliphatic heterocycles. The van der Waals surface area contributed by atoms with Gasteiger partial charge in [-0.3, -0.25) is 4.79 Å². The second kappa shape index (κ2) is 8.37. The van der Waals surface area contributed by atoms with E-state index in [1.54, 1.807) is 0 Å². The molecule has 3 unspecified atom stereocenters. The first-order chi connectivity index (χ1) is 18.1. The largest absolute Gasteiger partial charge is 0.393 e. The molecule has 0 radical (unpaired) electrons. The van der Waals surface area contributed by atoms with E-state index in [4.69, 9.17) is 22.6 Å². The summed E-state index contributed by atoms with van der Waals surface area (Å²) in [7, 11) is -5.33. The van der Waals surface area contributed by atoms with Gasteiger partial charge in [-0.05, 0) is 67.7 Å². The number of sulfone groups is 1. The Morgan fingerprint density at radius 1 is 1.16 bits per heavy atom. The van der Waals surface area contributed by atoms with Crippen molar-refractivity contribution in [2.24, 2.45) is 11.8 Å². The molecule has 2 aromatic rings. The summed E-state index contributed by atoms with van der Waals surface area (Å²) in [6, 6.07) is 5.07. The second-order valence-corrected chi connectivity index (χ2v) is 9.70. The zero-order valence-corrected chi connectivity index (χ0v) is 17.6. The lowest BCUT2D eigenvalue weighted by Crippen LogP contribution is -2.50. The van der Waals surface area contributed by atoms with E-state index in [9.17, 15) is 32.2 Å². The summed E-state index contributed by atoms with van der Waals surface area (Å²) < 4.78 is 122. The maximum atomic E-state index is 13.9. The molecule has 0 spiro atoms. The summed E-state index contributed by atoms with van der Waals surface area (Å²) in [5, 5.41) is 19.7. The van der Waals surface area contributed by atoms with Gasteiger partial charge in [0.1, 0.15) is 0 Å². The zero-order valence-electron chi connectivity index (χ0n) is 24.1. The standard InChI is InChI=1S/C22H22ClF2NO5S/c23-17-5-1-12(21(28)26-15-4-6-18(24)19(25)10-15)7-20(17)32(30,31)16-8-13-2-3-14(9-16)22(13,29)11-27/h1,4-7,10,13-14,16,27,29H,2-3,8-9,11H2,(H,26,28)/t13-,14?,16?,22?/m0/s1/i2D2,3D2,8D2,9D2. The molecule has 0 heterocycles. The van der Waals surface area contributed by atoms with Crippen LogP contribution < -0.4 is 5.32 Å². The minimum Gasteiger partial charge on any atom is -0.393 e. The Morgan fingerprint density at radius 3 is 2.41 bits per heavy atom. The Labute approximate surface area is 200 Å². The van der Waals surface area contributed by atoms with Gasteiger partial charge < -0.3 is 15.5 Å². The van der Waals surface area contributed by atoms with Crippen molar-refractivity contribution in [2.45, 2.75) is 41.2 Å². The van der Waals surface area contributed by atoms with E-state index in [0.29, 0.717) is 12.1 Å². The molecule has 3 N–H and O–H groups in total. The molecule has 0 aromatic heterocycles. The third-order valence-corrected chi connectivity index (χ3v) is 7.53. The van der Waals surface area contributed by atoms with Crippen LogP contribution in [0.15, 0.2) is 41.3 Å². The first kappa shape index (κ1) is 15.0. The van der Waals surface area contributed by atoms with Gasteiger partial charge in [0.05, 0.1) is 27.4 Å². The Kier molecular flexibility index (Phi) is 3.91. The van der Waals surface area contributed by atoms with Crippen LogP contribution in [0.1, 0.15) is 46.8 Å². The summed E-state index contributed by atoms with van der Waals surface area (Å²) in [6.07, 6.45) is -13.7. The van der Waals surface area contributed by atoms with Gasteiger partial charge in [-0.25, -0.2) is 17.2 Å². The van der Waals surface area contributed by atoms with Gasteiger partial charge in [0.25, 0.3) is 5.91 Å². The zero-order chi connectivity index (χ0) is 30.4. The molecule has 2 fully saturated rings. The predicted molar refractivity (Wildman–Crippen MR) is 114 cm³/mol. The van der Waals surface area contributed by atoms with E-state index in [1.807, 2.05) is 0 Å². The average molecular weight is 494 g/mol. The lowest BCUT2D eigenvalue weighted by atomic mass is 9.75. The van der Waals surface area contributed by atoms with Gasteiger partial charge in [-0.2, -0.15) is 0 Å². The van der Waals surface area contributed by atoms with Gasteiger partial charge in [0.2, 0.25) is 0 Å². The number of nitrogens with one attached hydrogen (secondary N) is 1. The quantitative estimate of drug-likeness (QED) is 0.591. The van der Waals surface area contributed by atoms with Gasteiger partial charge in [0, 0.05) is 28.3 Å². The molecule has 2 aliphatic carbocycles. The van der Waals surface area contributed by atoms with Crippen LogP contribution >= 0.6 is 11.6 Å². The van der Waals surface area contributed by atoms with Crippen molar-refractivity contribution >= 4 is 33.0 Å². The summed E-state index contributed by atoms with van der Waals surface area (Å²) >= 11 is 6.09. The van der Waals surface area contributed by atoms with Crippen LogP contribution in [0.5, 0.6) is 0 Å². The van der Waals surface area contributed by atoms with E-state index < -0.39 is 97.6 Å². The molecule has 4 atom stereocenters. The number of amides is 1. The van der Waals surface area contributed by atoms with Crippen molar-refractivity contribution in [1.82, 2.24) is 0 Å². The highest BCUT2D eigenvalue weighted by atomic mass is 35.5. The smallest absolute Gasteiger partial charge is 0.255 e. The average Bonchev–Trinajstić information content (AvgIpc) is 2.91. The first-order valence-corrected chi connectivity index (χ1v) is 11.1. The monoisotopic (exact) mass is 493 g/mol. The summed E-state index contributed by atoms with van der Waals surface area (Å²) in [5.74, 6) is -8.59. The Morgan fingerprint density at radius 2 is 1.81 bits per heavy atom. The van der Waals surface area contributed by atoms with E-state index >= 15 is 0 Å². The number of aliphatic hydroxyl groups excluding tert-OH is 1. The molecule has 172 valence electrons.